The van der Waals surface area contributed by atoms with Crippen LogP contribution in [-0.2, 0) is 6.54 Å². The minimum atomic E-state index is 0. The highest BCUT2D eigenvalue weighted by atomic mass is 35.5. The first-order valence-corrected chi connectivity index (χ1v) is 6.12. The van der Waals surface area contributed by atoms with E-state index in [1.807, 2.05) is 0 Å². The number of likely N-dealkylation sites (tertiary alicyclic amines) is 1. The molecule has 0 aliphatic carbocycles. The summed E-state index contributed by atoms with van der Waals surface area (Å²) in [5.74, 6) is 0. The SMILES string of the molecule is CC1(C)CC(N)CCN1Cc1ccccc1.Cl. The molecule has 2 rings (SSSR count). The van der Waals surface area contributed by atoms with E-state index < -0.39 is 0 Å². The molecule has 1 heterocycles. The average molecular weight is 255 g/mol. The smallest absolute Gasteiger partial charge is 0.0239 e. The van der Waals surface area contributed by atoms with Gasteiger partial charge in [0.25, 0.3) is 0 Å². The number of halogens is 1. The van der Waals surface area contributed by atoms with Crippen molar-refractivity contribution in [2.75, 3.05) is 6.54 Å². The van der Waals surface area contributed by atoms with Crippen LogP contribution in [0.1, 0.15) is 32.3 Å². The maximum Gasteiger partial charge on any atom is 0.0239 e. The van der Waals surface area contributed by atoms with Crippen LogP contribution in [0.5, 0.6) is 0 Å². The molecule has 17 heavy (non-hydrogen) atoms. The van der Waals surface area contributed by atoms with Crippen LogP contribution >= 0.6 is 12.4 Å². The average Bonchev–Trinajstić information content (AvgIpc) is 2.23. The number of hydrogen-bond donors (Lipinski definition) is 1. The molecular formula is C14H23ClN2. The molecular weight excluding hydrogens is 232 g/mol. The van der Waals surface area contributed by atoms with Gasteiger partial charge in [0, 0.05) is 24.7 Å². The summed E-state index contributed by atoms with van der Waals surface area (Å²) in [5, 5.41) is 0. The Bertz CT molecular complexity index is 337. The molecule has 2 nitrogen and oxygen atoms in total. The molecule has 0 bridgehead atoms. The van der Waals surface area contributed by atoms with Crippen molar-refractivity contribution in [1.82, 2.24) is 4.90 Å². The molecule has 1 saturated heterocycles. The molecule has 1 aliphatic heterocycles. The molecule has 0 radical (unpaired) electrons. The number of nitrogens with two attached hydrogens (primary N) is 1. The summed E-state index contributed by atoms with van der Waals surface area (Å²) in [4.78, 5) is 2.55. The zero-order valence-corrected chi connectivity index (χ0v) is 11.5. The number of piperidine rings is 1. The summed E-state index contributed by atoms with van der Waals surface area (Å²) in [5.41, 5.74) is 7.66. The number of benzene rings is 1. The third-order valence-electron chi connectivity index (χ3n) is 3.60. The summed E-state index contributed by atoms with van der Waals surface area (Å²) in [6, 6.07) is 11.1. The lowest BCUT2D eigenvalue weighted by Gasteiger charge is -2.45. The molecule has 0 spiro atoms. The van der Waals surface area contributed by atoms with Gasteiger partial charge in [-0.3, -0.25) is 4.90 Å². The Labute approximate surface area is 111 Å². The fourth-order valence-corrected chi connectivity index (χ4v) is 2.59. The van der Waals surface area contributed by atoms with E-state index in [1.165, 1.54) is 5.56 Å². The summed E-state index contributed by atoms with van der Waals surface area (Å²) in [6.45, 7) is 6.76. The van der Waals surface area contributed by atoms with E-state index >= 15 is 0 Å². The first-order valence-electron chi connectivity index (χ1n) is 6.12. The van der Waals surface area contributed by atoms with Gasteiger partial charge in [0.1, 0.15) is 0 Å². The highest BCUT2D eigenvalue weighted by molar-refractivity contribution is 5.85. The Morgan fingerprint density at radius 3 is 2.53 bits per heavy atom. The Morgan fingerprint density at radius 1 is 1.29 bits per heavy atom. The van der Waals surface area contributed by atoms with Crippen LogP contribution in [0.3, 0.4) is 0 Å². The molecule has 0 amide bonds. The van der Waals surface area contributed by atoms with Crippen molar-refractivity contribution in [2.24, 2.45) is 5.73 Å². The monoisotopic (exact) mass is 254 g/mol. The molecule has 1 aliphatic rings. The standard InChI is InChI=1S/C14H22N2.ClH/c1-14(2)10-13(15)8-9-16(14)11-12-6-4-3-5-7-12;/h3-7,13H,8-11,15H2,1-2H3;1H. The predicted molar refractivity (Wildman–Crippen MR) is 75.4 cm³/mol. The van der Waals surface area contributed by atoms with Crippen molar-refractivity contribution < 1.29 is 0 Å². The fraction of sp³-hybridized carbons (Fsp3) is 0.571. The highest BCUT2D eigenvalue weighted by Crippen LogP contribution is 2.28. The quantitative estimate of drug-likeness (QED) is 0.880. The number of rotatable bonds is 2. The van der Waals surface area contributed by atoms with E-state index in [1.54, 1.807) is 0 Å². The topological polar surface area (TPSA) is 29.3 Å². The largest absolute Gasteiger partial charge is 0.328 e. The predicted octanol–water partition coefficient (Wildman–Crippen LogP) is 2.81. The molecule has 1 fully saturated rings. The number of nitrogens with zero attached hydrogens (tertiary/aromatic N) is 1. The second-order valence-corrected chi connectivity index (χ2v) is 5.47. The molecule has 96 valence electrons. The van der Waals surface area contributed by atoms with Crippen LogP contribution in [0.4, 0.5) is 0 Å². The lowest BCUT2D eigenvalue weighted by molar-refractivity contribution is 0.0593. The zero-order valence-electron chi connectivity index (χ0n) is 10.7. The third kappa shape index (κ3) is 3.70. The molecule has 2 N–H and O–H groups in total. The molecule has 1 aromatic carbocycles. The van der Waals surface area contributed by atoms with Gasteiger partial charge in [-0.25, -0.2) is 0 Å². The highest BCUT2D eigenvalue weighted by Gasteiger charge is 2.32. The van der Waals surface area contributed by atoms with E-state index in [0.717, 1.165) is 25.9 Å². The van der Waals surface area contributed by atoms with Gasteiger partial charge in [0.05, 0.1) is 0 Å². The van der Waals surface area contributed by atoms with E-state index in [0.29, 0.717) is 6.04 Å². The molecule has 1 aromatic rings. The lowest BCUT2D eigenvalue weighted by atomic mass is 9.87. The van der Waals surface area contributed by atoms with Crippen molar-refractivity contribution in [2.45, 2.75) is 44.8 Å². The van der Waals surface area contributed by atoms with Gasteiger partial charge >= 0.3 is 0 Å². The first kappa shape index (κ1) is 14.5. The van der Waals surface area contributed by atoms with Crippen molar-refractivity contribution in [3.8, 4) is 0 Å². The first-order chi connectivity index (χ1) is 7.58. The summed E-state index contributed by atoms with van der Waals surface area (Å²) in [7, 11) is 0. The van der Waals surface area contributed by atoms with Crippen molar-refractivity contribution in [3.05, 3.63) is 35.9 Å². The van der Waals surface area contributed by atoms with Crippen molar-refractivity contribution >= 4 is 12.4 Å². The van der Waals surface area contributed by atoms with Gasteiger partial charge in [-0.2, -0.15) is 0 Å². The van der Waals surface area contributed by atoms with Gasteiger partial charge < -0.3 is 5.73 Å². The third-order valence-corrected chi connectivity index (χ3v) is 3.60. The van der Waals surface area contributed by atoms with E-state index in [9.17, 15) is 0 Å². The van der Waals surface area contributed by atoms with Crippen molar-refractivity contribution in [3.63, 3.8) is 0 Å². The summed E-state index contributed by atoms with van der Waals surface area (Å²) >= 11 is 0. The number of hydrogen-bond acceptors (Lipinski definition) is 2. The van der Waals surface area contributed by atoms with Crippen LogP contribution in [0, 0.1) is 0 Å². The van der Waals surface area contributed by atoms with Crippen LogP contribution < -0.4 is 5.73 Å². The molecule has 1 atom stereocenters. The maximum absolute atomic E-state index is 6.04. The zero-order chi connectivity index (χ0) is 11.6. The van der Waals surface area contributed by atoms with Crippen LogP contribution in [0.15, 0.2) is 30.3 Å². The van der Waals surface area contributed by atoms with E-state index in [4.69, 9.17) is 5.73 Å². The fourth-order valence-electron chi connectivity index (χ4n) is 2.59. The lowest BCUT2D eigenvalue weighted by Crippen LogP contribution is -2.52. The second-order valence-electron chi connectivity index (χ2n) is 5.47. The van der Waals surface area contributed by atoms with Gasteiger partial charge in [-0.05, 0) is 32.3 Å². The second kappa shape index (κ2) is 5.85. The van der Waals surface area contributed by atoms with Gasteiger partial charge in [-0.15, -0.1) is 12.4 Å². The van der Waals surface area contributed by atoms with E-state index in [-0.39, 0.29) is 17.9 Å². The Hall–Kier alpha value is -0.570. The van der Waals surface area contributed by atoms with Crippen LogP contribution in [0.2, 0.25) is 0 Å². The minimum absolute atomic E-state index is 0. The van der Waals surface area contributed by atoms with Crippen molar-refractivity contribution in [1.29, 1.82) is 0 Å². The maximum atomic E-state index is 6.04. The van der Waals surface area contributed by atoms with Gasteiger partial charge in [-0.1, -0.05) is 30.3 Å². The van der Waals surface area contributed by atoms with E-state index in [2.05, 4.69) is 49.1 Å². The Kier molecular flexibility index (Phi) is 4.99. The Morgan fingerprint density at radius 2 is 1.94 bits per heavy atom. The van der Waals surface area contributed by atoms with Crippen LogP contribution in [0.25, 0.3) is 0 Å². The molecule has 0 saturated carbocycles. The molecule has 1 unspecified atom stereocenters. The summed E-state index contributed by atoms with van der Waals surface area (Å²) < 4.78 is 0. The molecule has 0 aromatic heterocycles. The Balaban J connectivity index is 0.00000144. The summed E-state index contributed by atoms with van der Waals surface area (Å²) in [6.07, 6.45) is 2.22. The normalized spacial score (nSPS) is 24.1. The minimum Gasteiger partial charge on any atom is -0.328 e. The molecule has 3 heteroatoms. The van der Waals surface area contributed by atoms with Gasteiger partial charge in [0.15, 0.2) is 0 Å². The van der Waals surface area contributed by atoms with Gasteiger partial charge in [0.2, 0.25) is 0 Å². The van der Waals surface area contributed by atoms with Crippen LogP contribution in [-0.4, -0.2) is 23.0 Å².